The van der Waals surface area contributed by atoms with Gasteiger partial charge in [-0.05, 0) is 30.6 Å². The predicted molar refractivity (Wildman–Crippen MR) is 120 cm³/mol. The van der Waals surface area contributed by atoms with Crippen LogP contribution in [0, 0.1) is 16.0 Å². The van der Waals surface area contributed by atoms with Crippen molar-refractivity contribution in [3.05, 3.63) is 57.3 Å². The van der Waals surface area contributed by atoms with E-state index < -0.39 is 22.8 Å². The number of amides is 3. The molecule has 11 nitrogen and oxygen atoms in total. The first-order chi connectivity index (χ1) is 15.7. The molecule has 0 aromatic heterocycles. The summed E-state index contributed by atoms with van der Waals surface area (Å²) in [6.45, 7) is 2.05. The van der Waals surface area contributed by atoms with Crippen LogP contribution in [0.2, 0.25) is 0 Å². The van der Waals surface area contributed by atoms with Crippen LogP contribution in [0.4, 0.5) is 11.4 Å². The van der Waals surface area contributed by atoms with E-state index in [-0.39, 0.29) is 64.7 Å². The first-order valence-electron chi connectivity index (χ1n) is 10.5. The van der Waals surface area contributed by atoms with E-state index in [4.69, 9.17) is 0 Å². The minimum atomic E-state index is -1.26. The summed E-state index contributed by atoms with van der Waals surface area (Å²) in [5, 5.41) is 20.9. The van der Waals surface area contributed by atoms with Gasteiger partial charge >= 0.3 is 35.5 Å². The molecule has 4 heterocycles. The number of carbonyl (C=O) groups is 4. The molecule has 0 saturated carbocycles. The van der Waals surface area contributed by atoms with Gasteiger partial charge < -0.3 is 14.9 Å². The summed E-state index contributed by atoms with van der Waals surface area (Å²) in [5.41, 5.74) is 0.873. The Labute approximate surface area is 216 Å². The quantitative estimate of drug-likeness (QED) is 0.218. The van der Waals surface area contributed by atoms with E-state index in [1.807, 2.05) is 0 Å². The number of hydrogen-bond acceptors (Lipinski definition) is 6. The summed E-state index contributed by atoms with van der Waals surface area (Å²) in [4.78, 5) is 64.5. The molecular weight excluding hydrogens is 455 g/mol. The molecular formula is C22H21N4NaO7. The standard InChI is InChI=1S/C22H20N4O7.Na.H/c1-11(27)24-10-14-8-13(18(22(30)31)25-17(14)19(24)21(25)29)7-12-5-6-23(20(12)28)15-3-2-4-16(9-15)26(32)33;;/h2-4,7,9,14,17,19H,5-6,8,10H2,1H3,(H,30,31);;/b12-7+;;/t14-,17-,19+;;/m1../s1. The van der Waals surface area contributed by atoms with Crippen molar-refractivity contribution in [3.63, 3.8) is 0 Å². The Hall–Kier alpha value is -3.02. The van der Waals surface area contributed by atoms with Gasteiger partial charge in [0.05, 0.1) is 16.7 Å². The minimum absolute atomic E-state index is 0. The number of carbonyl (C=O) groups excluding carboxylic acids is 3. The molecule has 3 saturated heterocycles. The van der Waals surface area contributed by atoms with Gasteiger partial charge in [-0.25, -0.2) is 4.79 Å². The molecule has 4 aliphatic rings. The number of likely N-dealkylation sites (tertiary alicyclic amines) is 1. The van der Waals surface area contributed by atoms with E-state index in [9.17, 15) is 34.4 Å². The number of allylic oxidation sites excluding steroid dienone is 2. The Morgan fingerprint density at radius 3 is 2.65 bits per heavy atom. The first kappa shape index (κ1) is 24.1. The Kier molecular flexibility index (Phi) is 6.13. The van der Waals surface area contributed by atoms with E-state index in [0.29, 0.717) is 42.8 Å². The Morgan fingerprint density at radius 2 is 2.00 bits per heavy atom. The van der Waals surface area contributed by atoms with Gasteiger partial charge in [-0.2, -0.15) is 0 Å². The van der Waals surface area contributed by atoms with E-state index in [1.54, 1.807) is 6.07 Å². The predicted octanol–water partition coefficient (Wildman–Crippen LogP) is 0.409. The van der Waals surface area contributed by atoms with Crippen molar-refractivity contribution in [3.8, 4) is 0 Å². The van der Waals surface area contributed by atoms with Crippen molar-refractivity contribution >= 4 is 64.6 Å². The number of rotatable bonds is 4. The van der Waals surface area contributed by atoms with E-state index >= 15 is 0 Å². The molecule has 0 aliphatic carbocycles. The van der Waals surface area contributed by atoms with Crippen molar-refractivity contribution < 1.29 is 29.2 Å². The number of aliphatic carboxylic acids is 1. The maximum absolute atomic E-state index is 13.0. The SMILES string of the molecule is CC(=O)N1C[C@H]2CC(/C=C3\CCN(c4cccc([N+](=O)[O-])c4)C3=O)=C(C(=O)O)N3C(=O)[C@@H]1[C@@H]23.[NaH]. The van der Waals surface area contributed by atoms with Crippen molar-refractivity contribution in [1.82, 2.24) is 9.80 Å². The van der Waals surface area contributed by atoms with Gasteiger partial charge in [0.15, 0.2) is 0 Å². The summed E-state index contributed by atoms with van der Waals surface area (Å²) in [5.74, 6) is -2.36. The number of nitro benzene ring substituents is 1. The number of hydrogen-bond donors (Lipinski definition) is 1. The van der Waals surface area contributed by atoms with Crippen LogP contribution in [0.5, 0.6) is 0 Å². The van der Waals surface area contributed by atoms with Gasteiger partial charge in [0.2, 0.25) is 5.91 Å². The molecule has 12 heteroatoms. The van der Waals surface area contributed by atoms with Crippen LogP contribution in [0.25, 0.3) is 0 Å². The average molecular weight is 476 g/mol. The number of anilines is 1. The Bertz CT molecular complexity index is 1210. The van der Waals surface area contributed by atoms with Gasteiger partial charge in [-0.15, -0.1) is 0 Å². The molecule has 0 radical (unpaired) electrons. The van der Waals surface area contributed by atoms with Gasteiger partial charge in [0, 0.05) is 43.6 Å². The molecule has 3 fully saturated rings. The number of carboxylic acid groups (broad SMARTS) is 1. The van der Waals surface area contributed by atoms with Gasteiger partial charge in [-0.3, -0.25) is 29.4 Å². The second-order valence-electron chi connectivity index (χ2n) is 8.61. The zero-order valence-corrected chi connectivity index (χ0v) is 17.6. The van der Waals surface area contributed by atoms with Gasteiger partial charge in [0.1, 0.15) is 11.7 Å². The van der Waals surface area contributed by atoms with Gasteiger partial charge in [0.25, 0.3) is 17.5 Å². The van der Waals surface area contributed by atoms with Crippen LogP contribution < -0.4 is 4.90 Å². The summed E-state index contributed by atoms with van der Waals surface area (Å²) < 4.78 is 0. The normalized spacial score (nSPS) is 26.4. The number of benzene rings is 1. The second-order valence-corrected chi connectivity index (χ2v) is 8.61. The zero-order valence-electron chi connectivity index (χ0n) is 17.6. The van der Waals surface area contributed by atoms with E-state index in [1.165, 1.54) is 45.9 Å². The second kappa shape index (κ2) is 8.64. The molecule has 3 amide bonds. The monoisotopic (exact) mass is 476 g/mol. The number of nitrogens with zero attached hydrogens (tertiary/aromatic N) is 4. The van der Waals surface area contributed by atoms with Crippen LogP contribution in [0.3, 0.4) is 0 Å². The maximum atomic E-state index is 13.0. The molecule has 3 atom stereocenters. The molecule has 1 aromatic carbocycles. The molecule has 1 N–H and O–H groups in total. The number of non-ortho nitro benzene ring substituents is 1. The fraction of sp³-hybridized carbons (Fsp3) is 0.364. The van der Waals surface area contributed by atoms with Crippen molar-refractivity contribution in [2.75, 3.05) is 18.0 Å². The Balaban J connectivity index is 0.00000274. The number of carboxylic acids is 1. The molecule has 172 valence electrons. The molecule has 0 bridgehead atoms. The summed E-state index contributed by atoms with van der Waals surface area (Å²) in [6.07, 6.45) is 2.21. The Morgan fingerprint density at radius 1 is 1.26 bits per heavy atom. The van der Waals surface area contributed by atoms with Crippen LogP contribution in [0.1, 0.15) is 19.8 Å². The van der Waals surface area contributed by atoms with Crippen LogP contribution in [-0.2, 0) is 19.2 Å². The number of nitro groups is 1. The fourth-order valence-corrected chi connectivity index (χ4v) is 5.40. The summed E-state index contributed by atoms with van der Waals surface area (Å²) >= 11 is 0. The molecule has 5 rings (SSSR count). The van der Waals surface area contributed by atoms with Crippen LogP contribution in [0.15, 0.2) is 47.2 Å². The zero-order chi connectivity index (χ0) is 23.6. The average Bonchev–Trinajstić information content (AvgIpc) is 3.32. The first-order valence-corrected chi connectivity index (χ1v) is 10.5. The third-order valence-electron chi connectivity index (χ3n) is 6.82. The van der Waals surface area contributed by atoms with Crippen LogP contribution in [-0.4, -0.2) is 98.3 Å². The third kappa shape index (κ3) is 3.55. The van der Waals surface area contributed by atoms with E-state index in [2.05, 4.69) is 0 Å². The molecule has 1 aromatic rings. The summed E-state index contributed by atoms with van der Waals surface area (Å²) in [7, 11) is 0. The molecule has 4 aliphatic heterocycles. The topological polar surface area (TPSA) is 141 Å². The van der Waals surface area contributed by atoms with Crippen molar-refractivity contribution in [2.45, 2.75) is 31.8 Å². The van der Waals surface area contributed by atoms with Gasteiger partial charge in [-0.1, -0.05) is 6.07 Å². The van der Waals surface area contributed by atoms with Crippen molar-refractivity contribution in [1.29, 1.82) is 0 Å². The molecule has 0 unspecified atom stereocenters. The van der Waals surface area contributed by atoms with Crippen LogP contribution >= 0.6 is 0 Å². The van der Waals surface area contributed by atoms with E-state index in [0.717, 1.165) is 0 Å². The summed E-state index contributed by atoms with van der Waals surface area (Å²) in [6, 6.07) is 4.80. The fourth-order valence-electron chi connectivity index (χ4n) is 5.40. The van der Waals surface area contributed by atoms with Crippen molar-refractivity contribution in [2.24, 2.45) is 5.92 Å². The molecule has 34 heavy (non-hydrogen) atoms. The molecule has 0 spiro atoms. The number of β-lactam (4-membered cyclic amide) rings is 1. The third-order valence-corrected chi connectivity index (χ3v) is 6.82.